The van der Waals surface area contributed by atoms with Crippen molar-refractivity contribution in [3.05, 3.63) is 84.4 Å². The van der Waals surface area contributed by atoms with Crippen LogP contribution in [0.4, 0.5) is 11.4 Å². The molecule has 2 aliphatic heterocycles. The maximum absolute atomic E-state index is 13.2. The molecular formula is C29H31N3O2. The van der Waals surface area contributed by atoms with Gasteiger partial charge in [-0.2, -0.15) is 0 Å². The Labute approximate surface area is 201 Å². The standard InChI is InChI=1S/C29H31N3O2/c33-28(17-14-22-12-15-24(16-13-22)23-8-2-1-3-9-23)29(34)32-21-25(20-31-18-6-7-19-31)30-26-10-4-5-11-27(26)32/h1-5,8-13,15-16,25,30H,6-7,14,17-21H2. The highest BCUT2D eigenvalue weighted by atomic mass is 16.2. The second-order valence-corrected chi connectivity index (χ2v) is 9.27. The van der Waals surface area contributed by atoms with Crippen LogP contribution in [0.1, 0.15) is 24.8 Å². The minimum absolute atomic E-state index is 0.121. The average molecular weight is 454 g/mol. The number of carbonyl (C=O) groups excluding carboxylic acids is 2. The number of nitrogens with zero attached hydrogens (tertiary/aromatic N) is 2. The molecule has 1 saturated heterocycles. The molecule has 3 aromatic carbocycles. The number of hydrogen-bond acceptors (Lipinski definition) is 4. The second kappa shape index (κ2) is 10.2. The molecule has 0 radical (unpaired) electrons. The predicted octanol–water partition coefficient (Wildman–Crippen LogP) is 4.78. The third-order valence-electron chi connectivity index (χ3n) is 6.82. The molecule has 0 saturated carbocycles. The summed E-state index contributed by atoms with van der Waals surface area (Å²) >= 11 is 0. The Kier molecular flexibility index (Phi) is 6.72. The van der Waals surface area contributed by atoms with E-state index in [0.29, 0.717) is 13.0 Å². The smallest absolute Gasteiger partial charge is 0.294 e. The Bertz CT molecular complexity index is 1140. The summed E-state index contributed by atoms with van der Waals surface area (Å²) in [7, 11) is 0. The van der Waals surface area contributed by atoms with Gasteiger partial charge in [-0.15, -0.1) is 0 Å². The number of aryl methyl sites for hydroxylation is 1. The average Bonchev–Trinajstić information content (AvgIpc) is 3.40. The van der Waals surface area contributed by atoms with E-state index in [1.54, 1.807) is 4.90 Å². The third kappa shape index (κ3) is 5.05. The van der Waals surface area contributed by atoms with Gasteiger partial charge in [0.2, 0.25) is 5.78 Å². The first-order chi connectivity index (χ1) is 16.7. The van der Waals surface area contributed by atoms with Crippen molar-refractivity contribution in [1.29, 1.82) is 0 Å². The number of amides is 1. The molecule has 5 nitrogen and oxygen atoms in total. The van der Waals surface area contributed by atoms with E-state index in [0.717, 1.165) is 42.1 Å². The molecule has 1 fully saturated rings. The molecule has 3 aromatic rings. The lowest BCUT2D eigenvalue weighted by Gasteiger charge is -2.37. The zero-order valence-corrected chi connectivity index (χ0v) is 19.5. The van der Waals surface area contributed by atoms with Crippen molar-refractivity contribution in [2.45, 2.75) is 31.7 Å². The molecule has 5 rings (SSSR count). The van der Waals surface area contributed by atoms with E-state index in [4.69, 9.17) is 0 Å². The first kappa shape index (κ1) is 22.4. The number of rotatable bonds is 7. The zero-order chi connectivity index (χ0) is 23.3. The zero-order valence-electron chi connectivity index (χ0n) is 19.5. The molecule has 0 spiro atoms. The van der Waals surface area contributed by atoms with Crippen molar-refractivity contribution in [3.8, 4) is 11.1 Å². The van der Waals surface area contributed by atoms with Gasteiger partial charge >= 0.3 is 0 Å². The molecule has 1 amide bonds. The first-order valence-electron chi connectivity index (χ1n) is 12.2. The Morgan fingerprint density at radius 1 is 0.824 bits per heavy atom. The molecule has 1 unspecified atom stereocenters. The van der Waals surface area contributed by atoms with Crippen LogP contribution in [0.15, 0.2) is 78.9 Å². The number of likely N-dealkylation sites (tertiary alicyclic amines) is 1. The fourth-order valence-electron chi connectivity index (χ4n) is 5.00. The molecule has 5 heteroatoms. The molecule has 34 heavy (non-hydrogen) atoms. The van der Waals surface area contributed by atoms with E-state index in [-0.39, 0.29) is 18.2 Å². The molecule has 2 heterocycles. The van der Waals surface area contributed by atoms with Gasteiger partial charge in [0.05, 0.1) is 17.4 Å². The maximum atomic E-state index is 13.2. The van der Waals surface area contributed by atoms with Gasteiger partial charge in [-0.05, 0) is 61.2 Å². The van der Waals surface area contributed by atoms with Crippen molar-refractivity contribution in [2.75, 3.05) is 36.4 Å². The summed E-state index contributed by atoms with van der Waals surface area (Å²) in [4.78, 5) is 30.3. The fourth-order valence-corrected chi connectivity index (χ4v) is 5.00. The van der Waals surface area contributed by atoms with E-state index in [1.165, 1.54) is 18.4 Å². The van der Waals surface area contributed by atoms with Crippen LogP contribution in [-0.2, 0) is 16.0 Å². The van der Waals surface area contributed by atoms with Crippen LogP contribution >= 0.6 is 0 Å². The highest BCUT2D eigenvalue weighted by molar-refractivity contribution is 6.41. The quantitative estimate of drug-likeness (QED) is 0.523. The van der Waals surface area contributed by atoms with Crippen molar-refractivity contribution in [1.82, 2.24) is 4.90 Å². The number of Topliss-reactive ketones (excluding diaryl/α,β-unsaturated/α-hetero) is 1. The molecule has 0 aliphatic carbocycles. The summed E-state index contributed by atoms with van der Waals surface area (Å²) in [6, 6.07) is 26.4. The topological polar surface area (TPSA) is 52.7 Å². The summed E-state index contributed by atoms with van der Waals surface area (Å²) in [5.41, 5.74) is 5.10. The third-order valence-corrected chi connectivity index (χ3v) is 6.82. The van der Waals surface area contributed by atoms with Crippen LogP contribution < -0.4 is 10.2 Å². The van der Waals surface area contributed by atoms with Gasteiger partial charge in [-0.25, -0.2) is 0 Å². The van der Waals surface area contributed by atoms with Crippen molar-refractivity contribution in [2.24, 2.45) is 0 Å². The van der Waals surface area contributed by atoms with Crippen LogP contribution in [0.25, 0.3) is 11.1 Å². The Morgan fingerprint density at radius 3 is 2.26 bits per heavy atom. The molecular weight excluding hydrogens is 422 g/mol. The first-order valence-corrected chi connectivity index (χ1v) is 12.2. The number of ketones is 1. The van der Waals surface area contributed by atoms with Crippen LogP contribution in [0, 0.1) is 0 Å². The van der Waals surface area contributed by atoms with Gasteiger partial charge in [0, 0.05) is 19.5 Å². The van der Waals surface area contributed by atoms with Crippen LogP contribution in [-0.4, -0.2) is 48.8 Å². The lowest BCUT2D eigenvalue weighted by atomic mass is 10.0. The number of anilines is 2. The predicted molar refractivity (Wildman–Crippen MR) is 137 cm³/mol. The van der Waals surface area contributed by atoms with E-state index in [1.807, 2.05) is 54.6 Å². The number of benzene rings is 3. The largest absolute Gasteiger partial charge is 0.378 e. The molecule has 0 aromatic heterocycles. The van der Waals surface area contributed by atoms with Crippen molar-refractivity contribution >= 4 is 23.1 Å². The van der Waals surface area contributed by atoms with E-state index < -0.39 is 5.91 Å². The highest BCUT2D eigenvalue weighted by Crippen LogP contribution is 2.31. The highest BCUT2D eigenvalue weighted by Gasteiger charge is 2.32. The van der Waals surface area contributed by atoms with Gasteiger partial charge < -0.3 is 15.1 Å². The Morgan fingerprint density at radius 2 is 1.50 bits per heavy atom. The lowest BCUT2D eigenvalue weighted by Crippen LogP contribution is -2.51. The second-order valence-electron chi connectivity index (χ2n) is 9.27. The normalized spacial score (nSPS) is 17.8. The Balaban J connectivity index is 1.23. The summed E-state index contributed by atoms with van der Waals surface area (Å²) < 4.78 is 0. The number of fused-ring (bicyclic) bond motifs is 1. The number of nitrogens with one attached hydrogen (secondary N) is 1. The number of hydrogen-bond donors (Lipinski definition) is 1. The fraction of sp³-hybridized carbons (Fsp3) is 0.310. The van der Waals surface area contributed by atoms with Gasteiger partial charge in [-0.3, -0.25) is 9.59 Å². The molecule has 1 atom stereocenters. The van der Waals surface area contributed by atoms with Gasteiger partial charge in [-0.1, -0.05) is 66.7 Å². The molecule has 0 bridgehead atoms. The van der Waals surface area contributed by atoms with Gasteiger partial charge in [0.15, 0.2) is 0 Å². The van der Waals surface area contributed by atoms with E-state index in [2.05, 4.69) is 34.5 Å². The summed E-state index contributed by atoms with van der Waals surface area (Å²) in [6.07, 6.45) is 3.24. The molecule has 1 N–H and O–H groups in total. The van der Waals surface area contributed by atoms with Gasteiger partial charge in [0.1, 0.15) is 0 Å². The summed E-state index contributed by atoms with van der Waals surface area (Å²) in [6.45, 7) is 3.62. The van der Waals surface area contributed by atoms with Gasteiger partial charge in [0.25, 0.3) is 5.91 Å². The van der Waals surface area contributed by atoms with Crippen molar-refractivity contribution < 1.29 is 9.59 Å². The molecule has 174 valence electrons. The van der Waals surface area contributed by atoms with Crippen molar-refractivity contribution in [3.63, 3.8) is 0 Å². The maximum Gasteiger partial charge on any atom is 0.294 e. The Hall–Kier alpha value is -3.44. The minimum Gasteiger partial charge on any atom is -0.378 e. The molecule has 2 aliphatic rings. The lowest BCUT2D eigenvalue weighted by molar-refractivity contribution is -0.136. The van der Waals surface area contributed by atoms with Crippen LogP contribution in [0.2, 0.25) is 0 Å². The van der Waals surface area contributed by atoms with E-state index >= 15 is 0 Å². The van der Waals surface area contributed by atoms with E-state index in [9.17, 15) is 9.59 Å². The SMILES string of the molecule is O=C(CCc1ccc(-c2ccccc2)cc1)C(=O)N1CC(CN2CCCC2)Nc2ccccc21. The summed E-state index contributed by atoms with van der Waals surface area (Å²) in [5.74, 6) is -0.731. The number of para-hydroxylation sites is 2. The van der Waals surface area contributed by atoms with Crippen LogP contribution in [0.3, 0.4) is 0 Å². The number of carbonyl (C=O) groups is 2. The minimum atomic E-state index is -0.402. The van der Waals surface area contributed by atoms with Crippen LogP contribution in [0.5, 0.6) is 0 Å². The monoisotopic (exact) mass is 453 g/mol. The summed E-state index contributed by atoms with van der Waals surface area (Å²) in [5, 5.41) is 3.58.